The lowest BCUT2D eigenvalue weighted by atomic mass is 10.1. The SMILES string of the molecule is CCn1c(=O)[nH]c2cc(C(=O)NC3CCN(c4ccc(Cl)cc4)C3=O)ccc2c1=O. The second-order valence-electron chi connectivity index (χ2n) is 7.02. The summed E-state index contributed by atoms with van der Waals surface area (Å²) in [6, 6.07) is 10.7. The third-order valence-electron chi connectivity index (χ3n) is 5.21. The molecule has 8 nitrogen and oxygen atoms in total. The molecule has 2 heterocycles. The molecule has 1 fully saturated rings. The van der Waals surface area contributed by atoms with Crippen molar-refractivity contribution in [1.82, 2.24) is 14.9 Å². The molecule has 9 heteroatoms. The summed E-state index contributed by atoms with van der Waals surface area (Å²) >= 11 is 5.89. The van der Waals surface area contributed by atoms with Crippen LogP contribution < -0.4 is 21.5 Å². The molecule has 1 aliphatic heterocycles. The zero-order valence-electron chi connectivity index (χ0n) is 16.1. The number of rotatable bonds is 4. The van der Waals surface area contributed by atoms with Crippen LogP contribution >= 0.6 is 11.6 Å². The first-order valence-corrected chi connectivity index (χ1v) is 9.91. The van der Waals surface area contributed by atoms with Gasteiger partial charge in [-0.25, -0.2) is 4.79 Å². The quantitative estimate of drug-likeness (QED) is 0.664. The highest BCUT2D eigenvalue weighted by atomic mass is 35.5. The second kappa shape index (κ2) is 7.79. The van der Waals surface area contributed by atoms with Crippen molar-refractivity contribution in [3.63, 3.8) is 0 Å². The van der Waals surface area contributed by atoms with E-state index in [0.29, 0.717) is 23.4 Å². The predicted molar refractivity (Wildman–Crippen MR) is 114 cm³/mol. The average Bonchev–Trinajstić information content (AvgIpc) is 3.08. The molecular formula is C21H19ClN4O4. The van der Waals surface area contributed by atoms with Crippen molar-refractivity contribution in [2.45, 2.75) is 25.9 Å². The summed E-state index contributed by atoms with van der Waals surface area (Å²) in [6.07, 6.45) is 0.471. The molecule has 1 unspecified atom stereocenters. The van der Waals surface area contributed by atoms with Gasteiger partial charge in [-0.2, -0.15) is 0 Å². The normalized spacial score (nSPS) is 16.3. The van der Waals surface area contributed by atoms with E-state index < -0.39 is 23.2 Å². The van der Waals surface area contributed by atoms with Crippen molar-refractivity contribution in [2.24, 2.45) is 0 Å². The lowest BCUT2D eigenvalue weighted by molar-refractivity contribution is -0.118. The fourth-order valence-corrected chi connectivity index (χ4v) is 3.74. The third-order valence-corrected chi connectivity index (χ3v) is 5.46. The van der Waals surface area contributed by atoms with Gasteiger partial charge < -0.3 is 15.2 Å². The molecule has 2 N–H and O–H groups in total. The molecule has 1 atom stereocenters. The fourth-order valence-electron chi connectivity index (χ4n) is 3.62. The number of halogens is 1. The summed E-state index contributed by atoms with van der Waals surface area (Å²) in [5.74, 6) is -0.653. The topological polar surface area (TPSA) is 104 Å². The van der Waals surface area contributed by atoms with Gasteiger partial charge >= 0.3 is 5.69 Å². The largest absolute Gasteiger partial charge is 0.340 e. The molecule has 3 aromatic rings. The zero-order valence-corrected chi connectivity index (χ0v) is 16.9. The lowest BCUT2D eigenvalue weighted by Crippen LogP contribution is -2.41. The van der Waals surface area contributed by atoms with Crippen molar-refractivity contribution in [1.29, 1.82) is 0 Å². The number of hydrogen-bond acceptors (Lipinski definition) is 4. The average molecular weight is 427 g/mol. The van der Waals surface area contributed by atoms with Crippen LogP contribution in [0.3, 0.4) is 0 Å². The molecule has 0 saturated carbocycles. The van der Waals surface area contributed by atoms with Gasteiger partial charge in [-0.3, -0.25) is 19.0 Å². The number of nitrogens with one attached hydrogen (secondary N) is 2. The maximum atomic E-state index is 12.7. The second-order valence-corrected chi connectivity index (χ2v) is 7.46. The number of fused-ring (bicyclic) bond motifs is 1. The summed E-state index contributed by atoms with van der Waals surface area (Å²) in [5.41, 5.74) is 0.314. The standard InChI is InChI=1S/C21H19ClN4O4/c1-2-25-19(28)15-8-3-12(11-17(15)24-21(25)30)18(27)23-16-9-10-26(20(16)29)14-6-4-13(22)5-7-14/h3-8,11,16H,2,9-10H2,1H3,(H,23,27)(H,24,30). The predicted octanol–water partition coefficient (Wildman–Crippen LogP) is 1.90. The van der Waals surface area contributed by atoms with Gasteiger partial charge in [-0.1, -0.05) is 11.6 Å². The molecular weight excluding hydrogens is 408 g/mol. The van der Waals surface area contributed by atoms with Crippen LogP contribution in [0.15, 0.2) is 52.1 Å². The number of carbonyl (C=O) groups is 2. The number of hydrogen-bond donors (Lipinski definition) is 2. The molecule has 1 aromatic heterocycles. The number of aromatic amines is 1. The molecule has 0 radical (unpaired) electrons. The number of carbonyl (C=O) groups excluding carboxylic acids is 2. The number of H-pyrrole nitrogens is 1. The smallest absolute Gasteiger partial charge is 0.328 e. The van der Waals surface area contributed by atoms with E-state index in [1.165, 1.54) is 18.2 Å². The minimum atomic E-state index is -0.656. The molecule has 0 spiro atoms. The van der Waals surface area contributed by atoms with E-state index >= 15 is 0 Å². The Labute approximate surface area is 176 Å². The minimum absolute atomic E-state index is 0.203. The summed E-state index contributed by atoms with van der Waals surface area (Å²) in [4.78, 5) is 54.0. The Morgan fingerprint density at radius 3 is 2.60 bits per heavy atom. The Morgan fingerprint density at radius 1 is 1.17 bits per heavy atom. The van der Waals surface area contributed by atoms with E-state index in [4.69, 9.17) is 11.6 Å². The summed E-state index contributed by atoms with van der Waals surface area (Å²) < 4.78 is 1.09. The maximum absolute atomic E-state index is 12.7. The van der Waals surface area contributed by atoms with Gasteiger partial charge in [-0.05, 0) is 55.8 Å². The van der Waals surface area contributed by atoms with E-state index in [2.05, 4.69) is 10.3 Å². The first-order chi connectivity index (χ1) is 14.4. The van der Waals surface area contributed by atoms with Gasteiger partial charge in [0.05, 0.1) is 10.9 Å². The minimum Gasteiger partial charge on any atom is -0.340 e. The Kier molecular flexibility index (Phi) is 5.17. The van der Waals surface area contributed by atoms with Gasteiger partial charge in [0.1, 0.15) is 6.04 Å². The highest BCUT2D eigenvalue weighted by Crippen LogP contribution is 2.23. The van der Waals surface area contributed by atoms with Gasteiger partial charge in [0.25, 0.3) is 11.5 Å². The monoisotopic (exact) mass is 426 g/mol. The number of nitrogens with zero attached hydrogens (tertiary/aromatic N) is 2. The molecule has 1 saturated heterocycles. The molecule has 2 amide bonds. The molecule has 154 valence electrons. The van der Waals surface area contributed by atoms with E-state index in [1.807, 2.05) is 0 Å². The van der Waals surface area contributed by atoms with Crippen LogP contribution in [-0.2, 0) is 11.3 Å². The van der Waals surface area contributed by atoms with Crippen molar-refractivity contribution in [3.8, 4) is 0 Å². The first kappa shape index (κ1) is 19.9. The van der Waals surface area contributed by atoms with Gasteiger partial charge in [0.2, 0.25) is 5.91 Å². The van der Waals surface area contributed by atoms with Crippen molar-refractivity contribution in [3.05, 3.63) is 73.9 Å². The highest BCUT2D eigenvalue weighted by Gasteiger charge is 2.33. The lowest BCUT2D eigenvalue weighted by Gasteiger charge is -2.17. The maximum Gasteiger partial charge on any atom is 0.328 e. The number of aromatic nitrogens is 2. The summed E-state index contributed by atoms with van der Waals surface area (Å²) in [7, 11) is 0. The Balaban J connectivity index is 1.55. The zero-order chi connectivity index (χ0) is 21.4. The molecule has 0 aliphatic carbocycles. The number of anilines is 1. The van der Waals surface area contributed by atoms with Gasteiger partial charge in [0.15, 0.2) is 0 Å². The highest BCUT2D eigenvalue weighted by molar-refractivity contribution is 6.30. The Bertz CT molecular complexity index is 1260. The van der Waals surface area contributed by atoms with Crippen LogP contribution in [0.1, 0.15) is 23.7 Å². The third kappa shape index (κ3) is 3.50. The molecule has 4 rings (SSSR count). The van der Waals surface area contributed by atoms with Crippen LogP contribution in [0.5, 0.6) is 0 Å². The summed E-state index contributed by atoms with van der Waals surface area (Å²) in [6.45, 7) is 2.43. The summed E-state index contributed by atoms with van der Waals surface area (Å²) in [5, 5.41) is 3.64. The van der Waals surface area contributed by atoms with E-state index in [0.717, 1.165) is 10.3 Å². The molecule has 30 heavy (non-hydrogen) atoms. The number of amides is 2. The van der Waals surface area contributed by atoms with Gasteiger partial charge in [-0.15, -0.1) is 0 Å². The van der Waals surface area contributed by atoms with E-state index in [9.17, 15) is 19.2 Å². The van der Waals surface area contributed by atoms with E-state index in [1.54, 1.807) is 36.1 Å². The van der Waals surface area contributed by atoms with Gasteiger partial charge in [0, 0.05) is 29.4 Å². The first-order valence-electron chi connectivity index (χ1n) is 9.53. The molecule has 2 aromatic carbocycles. The van der Waals surface area contributed by atoms with Crippen LogP contribution in [0.25, 0.3) is 10.9 Å². The van der Waals surface area contributed by atoms with Crippen LogP contribution in [0.2, 0.25) is 5.02 Å². The Morgan fingerprint density at radius 2 is 1.90 bits per heavy atom. The molecule has 1 aliphatic rings. The number of benzene rings is 2. The molecule has 0 bridgehead atoms. The van der Waals surface area contributed by atoms with Crippen LogP contribution in [0, 0.1) is 0 Å². The van der Waals surface area contributed by atoms with Crippen molar-refractivity contribution in [2.75, 3.05) is 11.4 Å². The van der Waals surface area contributed by atoms with Crippen LogP contribution in [-0.4, -0.2) is 34.0 Å². The fraction of sp³-hybridized carbons (Fsp3) is 0.238. The van der Waals surface area contributed by atoms with Crippen LogP contribution in [0.4, 0.5) is 5.69 Å². The van der Waals surface area contributed by atoms with Crippen molar-refractivity contribution >= 4 is 40.0 Å². The van der Waals surface area contributed by atoms with Crippen molar-refractivity contribution < 1.29 is 9.59 Å². The van der Waals surface area contributed by atoms with E-state index in [-0.39, 0.29) is 23.5 Å². The Hall–Kier alpha value is -3.39.